The molecule has 0 saturated heterocycles. The summed E-state index contributed by atoms with van der Waals surface area (Å²) in [6.07, 6.45) is -0.507. The smallest absolute Gasteiger partial charge is 0.255 e. The quantitative estimate of drug-likeness (QED) is 0.889. The SMILES string of the molecule is Cc1ccc(C(=O)Nc2ccc(C(C)O)cc2)cc1Br. The monoisotopic (exact) mass is 333 g/mol. The van der Waals surface area contributed by atoms with Gasteiger partial charge >= 0.3 is 0 Å². The molecule has 0 saturated carbocycles. The first-order valence-corrected chi connectivity index (χ1v) is 7.12. The van der Waals surface area contributed by atoms with Crippen LogP contribution in [0.1, 0.15) is 34.5 Å². The van der Waals surface area contributed by atoms with Crippen molar-refractivity contribution >= 4 is 27.5 Å². The van der Waals surface area contributed by atoms with Crippen molar-refractivity contribution in [2.24, 2.45) is 0 Å². The minimum absolute atomic E-state index is 0.157. The van der Waals surface area contributed by atoms with E-state index in [1.807, 2.05) is 13.0 Å². The van der Waals surface area contributed by atoms with Gasteiger partial charge in [0.1, 0.15) is 0 Å². The molecule has 2 aromatic carbocycles. The lowest BCUT2D eigenvalue weighted by atomic mass is 10.1. The molecule has 2 N–H and O–H groups in total. The van der Waals surface area contributed by atoms with E-state index in [-0.39, 0.29) is 5.91 Å². The molecule has 0 aliphatic heterocycles. The maximum Gasteiger partial charge on any atom is 0.255 e. The van der Waals surface area contributed by atoms with Gasteiger partial charge in [-0.3, -0.25) is 4.79 Å². The topological polar surface area (TPSA) is 49.3 Å². The Morgan fingerprint density at radius 3 is 2.40 bits per heavy atom. The molecule has 4 heteroatoms. The summed E-state index contributed by atoms with van der Waals surface area (Å²) in [5, 5.41) is 12.3. The van der Waals surface area contributed by atoms with Crippen LogP contribution in [0.2, 0.25) is 0 Å². The van der Waals surface area contributed by atoms with Gasteiger partial charge in [-0.15, -0.1) is 0 Å². The van der Waals surface area contributed by atoms with Crippen molar-refractivity contribution in [2.45, 2.75) is 20.0 Å². The number of carbonyl (C=O) groups excluding carboxylic acids is 1. The second kappa shape index (κ2) is 6.20. The largest absolute Gasteiger partial charge is 0.389 e. The van der Waals surface area contributed by atoms with Gasteiger partial charge in [-0.1, -0.05) is 34.1 Å². The number of aryl methyl sites for hydroxylation is 1. The third-order valence-electron chi connectivity index (χ3n) is 3.08. The summed E-state index contributed by atoms with van der Waals surface area (Å²) >= 11 is 3.42. The molecule has 0 aromatic heterocycles. The van der Waals surface area contributed by atoms with Crippen LogP contribution < -0.4 is 5.32 Å². The van der Waals surface area contributed by atoms with E-state index in [0.717, 1.165) is 15.6 Å². The fraction of sp³-hybridized carbons (Fsp3) is 0.188. The second-order valence-corrected chi connectivity index (χ2v) is 5.57. The van der Waals surface area contributed by atoms with E-state index in [2.05, 4.69) is 21.2 Å². The molecule has 0 aliphatic carbocycles. The maximum atomic E-state index is 12.1. The molecule has 0 fully saturated rings. The van der Waals surface area contributed by atoms with E-state index in [4.69, 9.17) is 0 Å². The number of rotatable bonds is 3. The lowest BCUT2D eigenvalue weighted by Crippen LogP contribution is -2.12. The van der Waals surface area contributed by atoms with Crippen LogP contribution in [0.3, 0.4) is 0 Å². The van der Waals surface area contributed by atoms with Crippen LogP contribution in [-0.2, 0) is 0 Å². The Morgan fingerprint density at radius 1 is 1.20 bits per heavy atom. The van der Waals surface area contributed by atoms with Crippen LogP contribution in [0, 0.1) is 6.92 Å². The summed E-state index contributed by atoms with van der Waals surface area (Å²) in [4.78, 5) is 12.1. The Hall–Kier alpha value is -1.65. The van der Waals surface area contributed by atoms with E-state index in [1.54, 1.807) is 43.3 Å². The number of aliphatic hydroxyl groups is 1. The number of hydrogen-bond donors (Lipinski definition) is 2. The van der Waals surface area contributed by atoms with Gasteiger partial charge in [-0.25, -0.2) is 0 Å². The number of aliphatic hydroxyl groups excluding tert-OH is 1. The van der Waals surface area contributed by atoms with Crippen LogP contribution in [0.4, 0.5) is 5.69 Å². The van der Waals surface area contributed by atoms with Crippen molar-refractivity contribution in [3.8, 4) is 0 Å². The summed E-state index contributed by atoms with van der Waals surface area (Å²) in [6, 6.07) is 12.6. The number of hydrogen-bond acceptors (Lipinski definition) is 2. The molecule has 20 heavy (non-hydrogen) atoms. The van der Waals surface area contributed by atoms with Gasteiger partial charge < -0.3 is 10.4 Å². The molecule has 2 aromatic rings. The minimum Gasteiger partial charge on any atom is -0.389 e. The zero-order valence-electron chi connectivity index (χ0n) is 11.4. The first-order chi connectivity index (χ1) is 9.47. The molecule has 1 unspecified atom stereocenters. The zero-order valence-corrected chi connectivity index (χ0v) is 12.9. The molecule has 1 atom stereocenters. The number of carbonyl (C=O) groups is 1. The number of nitrogens with one attached hydrogen (secondary N) is 1. The molecule has 0 radical (unpaired) electrons. The molecule has 0 aliphatic rings. The molecule has 2 rings (SSSR count). The number of halogens is 1. The van der Waals surface area contributed by atoms with Crippen molar-refractivity contribution in [2.75, 3.05) is 5.32 Å². The van der Waals surface area contributed by atoms with Gasteiger partial charge in [0, 0.05) is 15.7 Å². The summed E-state index contributed by atoms with van der Waals surface area (Å²) < 4.78 is 0.912. The van der Waals surface area contributed by atoms with E-state index >= 15 is 0 Å². The van der Waals surface area contributed by atoms with E-state index in [1.165, 1.54) is 0 Å². The molecule has 0 heterocycles. The fourth-order valence-electron chi connectivity index (χ4n) is 1.78. The van der Waals surface area contributed by atoms with Crippen molar-refractivity contribution < 1.29 is 9.90 Å². The highest BCUT2D eigenvalue weighted by molar-refractivity contribution is 9.10. The summed E-state index contributed by atoms with van der Waals surface area (Å²) in [5.74, 6) is -0.157. The average Bonchev–Trinajstić information content (AvgIpc) is 2.42. The van der Waals surface area contributed by atoms with Crippen LogP contribution in [0.25, 0.3) is 0 Å². The zero-order chi connectivity index (χ0) is 14.7. The Labute approximate surface area is 126 Å². The van der Waals surface area contributed by atoms with Gasteiger partial charge in [0.05, 0.1) is 6.10 Å². The molecular formula is C16H16BrNO2. The third-order valence-corrected chi connectivity index (χ3v) is 3.94. The highest BCUT2D eigenvalue weighted by Crippen LogP contribution is 2.19. The molecule has 1 amide bonds. The fourth-order valence-corrected chi connectivity index (χ4v) is 2.16. The van der Waals surface area contributed by atoms with Crippen LogP contribution in [-0.4, -0.2) is 11.0 Å². The van der Waals surface area contributed by atoms with Crippen LogP contribution >= 0.6 is 15.9 Å². The molecule has 0 bridgehead atoms. The van der Waals surface area contributed by atoms with Crippen LogP contribution in [0.5, 0.6) is 0 Å². The van der Waals surface area contributed by atoms with Crippen molar-refractivity contribution in [1.29, 1.82) is 0 Å². The summed E-state index contributed by atoms with van der Waals surface area (Å²) in [5.41, 5.74) is 3.21. The number of amides is 1. The Morgan fingerprint density at radius 2 is 1.85 bits per heavy atom. The van der Waals surface area contributed by atoms with Crippen molar-refractivity contribution in [3.63, 3.8) is 0 Å². The molecular weight excluding hydrogens is 318 g/mol. The predicted molar refractivity (Wildman–Crippen MR) is 83.9 cm³/mol. The number of benzene rings is 2. The Kier molecular flexibility index (Phi) is 4.57. The van der Waals surface area contributed by atoms with E-state index in [9.17, 15) is 9.90 Å². The van der Waals surface area contributed by atoms with Crippen molar-refractivity contribution in [3.05, 3.63) is 63.6 Å². The van der Waals surface area contributed by atoms with Crippen molar-refractivity contribution in [1.82, 2.24) is 0 Å². The number of anilines is 1. The van der Waals surface area contributed by atoms with Crippen LogP contribution in [0.15, 0.2) is 46.9 Å². The summed E-state index contributed by atoms with van der Waals surface area (Å²) in [7, 11) is 0. The first kappa shape index (κ1) is 14.8. The highest BCUT2D eigenvalue weighted by atomic mass is 79.9. The Balaban J connectivity index is 2.12. The lowest BCUT2D eigenvalue weighted by Gasteiger charge is -2.09. The molecule has 3 nitrogen and oxygen atoms in total. The first-order valence-electron chi connectivity index (χ1n) is 6.33. The maximum absolute atomic E-state index is 12.1. The Bertz CT molecular complexity index is 621. The standard InChI is InChI=1S/C16H16BrNO2/c1-10-3-4-13(9-15(10)17)16(20)18-14-7-5-12(6-8-14)11(2)19/h3-9,11,19H,1-2H3,(H,18,20). The lowest BCUT2D eigenvalue weighted by molar-refractivity contribution is 0.102. The third kappa shape index (κ3) is 3.46. The highest BCUT2D eigenvalue weighted by Gasteiger charge is 2.08. The van der Waals surface area contributed by atoms with Gasteiger partial charge in [-0.05, 0) is 49.2 Å². The molecule has 104 valence electrons. The molecule has 0 spiro atoms. The minimum atomic E-state index is -0.507. The second-order valence-electron chi connectivity index (χ2n) is 4.72. The predicted octanol–water partition coefficient (Wildman–Crippen LogP) is 4.06. The average molecular weight is 334 g/mol. The van der Waals surface area contributed by atoms with Gasteiger partial charge in [0.25, 0.3) is 5.91 Å². The summed E-state index contributed by atoms with van der Waals surface area (Å²) in [6.45, 7) is 3.68. The van der Waals surface area contributed by atoms with Gasteiger partial charge in [0.15, 0.2) is 0 Å². The van der Waals surface area contributed by atoms with Gasteiger partial charge in [-0.2, -0.15) is 0 Å². The van der Waals surface area contributed by atoms with E-state index in [0.29, 0.717) is 11.3 Å². The normalized spacial score (nSPS) is 12.0. The van der Waals surface area contributed by atoms with Gasteiger partial charge in [0.2, 0.25) is 0 Å². The van der Waals surface area contributed by atoms with E-state index < -0.39 is 6.10 Å².